The second-order valence-electron chi connectivity index (χ2n) is 5.07. The fourth-order valence-corrected chi connectivity index (χ4v) is 3.56. The largest absolute Gasteiger partial charge is 0.399 e. The Morgan fingerprint density at radius 2 is 1.86 bits per heavy atom. The zero-order valence-electron chi connectivity index (χ0n) is 12.3. The summed E-state index contributed by atoms with van der Waals surface area (Å²) in [5.41, 5.74) is 9.52. The van der Waals surface area contributed by atoms with Gasteiger partial charge < -0.3 is 5.73 Å². The monoisotopic (exact) mass is 304 g/mol. The predicted octanol–water partition coefficient (Wildman–Crippen LogP) is 3.08. The fourth-order valence-electron chi connectivity index (χ4n) is 2.26. The minimum absolute atomic E-state index is 0.0878. The van der Waals surface area contributed by atoms with Gasteiger partial charge in [-0.15, -0.1) is 0 Å². The lowest BCUT2D eigenvalue weighted by atomic mass is 10.1. The standard InChI is InChI=1S/C16H20N2O2S/c1-3-14-8-4-6-12(2)16(14)18-21(19,20)11-13-7-5-9-15(17)10-13/h4-10,18H,3,11,17H2,1-2H3. The number of hydrogen-bond acceptors (Lipinski definition) is 3. The molecule has 0 unspecified atom stereocenters. The van der Waals surface area contributed by atoms with Crippen LogP contribution in [0, 0.1) is 6.92 Å². The number of para-hydroxylation sites is 1. The zero-order valence-corrected chi connectivity index (χ0v) is 13.1. The summed E-state index contributed by atoms with van der Waals surface area (Å²) in [5, 5.41) is 0. The maximum Gasteiger partial charge on any atom is 0.236 e. The third-order valence-electron chi connectivity index (χ3n) is 3.31. The van der Waals surface area contributed by atoms with Gasteiger partial charge >= 0.3 is 0 Å². The van der Waals surface area contributed by atoms with E-state index in [0.29, 0.717) is 16.9 Å². The van der Waals surface area contributed by atoms with Crippen molar-refractivity contribution in [3.05, 3.63) is 59.2 Å². The minimum atomic E-state index is -3.47. The van der Waals surface area contributed by atoms with E-state index in [1.807, 2.05) is 32.0 Å². The van der Waals surface area contributed by atoms with E-state index in [1.54, 1.807) is 24.3 Å². The lowest BCUT2D eigenvalue weighted by molar-refractivity contribution is 0.600. The quantitative estimate of drug-likeness (QED) is 0.834. The molecule has 0 aliphatic rings. The second kappa shape index (κ2) is 6.18. The van der Waals surface area contributed by atoms with Crippen LogP contribution in [0.2, 0.25) is 0 Å². The van der Waals surface area contributed by atoms with Crippen molar-refractivity contribution in [2.75, 3.05) is 10.5 Å². The normalized spacial score (nSPS) is 11.3. The molecule has 0 atom stereocenters. The van der Waals surface area contributed by atoms with Crippen LogP contribution in [0.1, 0.15) is 23.6 Å². The zero-order chi connectivity index (χ0) is 15.5. The number of nitrogens with one attached hydrogen (secondary N) is 1. The third-order valence-corrected chi connectivity index (χ3v) is 4.53. The van der Waals surface area contributed by atoms with Crippen LogP contribution < -0.4 is 10.5 Å². The SMILES string of the molecule is CCc1cccc(C)c1NS(=O)(=O)Cc1cccc(N)c1. The maximum atomic E-state index is 12.3. The highest BCUT2D eigenvalue weighted by molar-refractivity contribution is 7.91. The number of rotatable bonds is 5. The Kier molecular flexibility index (Phi) is 4.53. The number of aryl methyl sites for hydroxylation is 2. The Hall–Kier alpha value is -2.01. The summed E-state index contributed by atoms with van der Waals surface area (Å²) in [6.07, 6.45) is 0.776. The van der Waals surface area contributed by atoms with Gasteiger partial charge in [0.05, 0.1) is 11.4 Å². The second-order valence-corrected chi connectivity index (χ2v) is 6.79. The molecular weight excluding hydrogens is 284 g/mol. The van der Waals surface area contributed by atoms with E-state index in [1.165, 1.54) is 0 Å². The Balaban J connectivity index is 2.26. The molecule has 0 fully saturated rings. The molecule has 0 radical (unpaired) electrons. The van der Waals surface area contributed by atoms with Gasteiger partial charge in [0, 0.05) is 5.69 Å². The molecule has 0 saturated carbocycles. The molecule has 4 nitrogen and oxygen atoms in total. The predicted molar refractivity (Wildman–Crippen MR) is 87.7 cm³/mol. The summed E-state index contributed by atoms with van der Waals surface area (Å²) in [7, 11) is -3.47. The van der Waals surface area contributed by atoms with Gasteiger partial charge in [0.1, 0.15) is 0 Å². The molecule has 2 aromatic rings. The highest BCUT2D eigenvalue weighted by Crippen LogP contribution is 2.23. The van der Waals surface area contributed by atoms with Crippen molar-refractivity contribution in [3.8, 4) is 0 Å². The summed E-state index contributed by atoms with van der Waals surface area (Å²) in [6, 6.07) is 12.7. The van der Waals surface area contributed by atoms with E-state index in [0.717, 1.165) is 17.5 Å². The van der Waals surface area contributed by atoms with Crippen molar-refractivity contribution in [1.82, 2.24) is 0 Å². The molecule has 21 heavy (non-hydrogen) atoms. The molecule has 0 heterocycles. The van der Waals surface area contributed by atoms with Crippen LogP contribution >= 0.6 is 0 Å². The lowest BCUT2D eigenvalue weighted by Crippen LogP contribution is -2.17. The van der Waals surface area contributed by atoms with Gasteiger partial charge in [-0.1, -0.05) is 37.3 Å². The average molecular weight is 304 g/mol. The first kappa shape index (κ1) is 15.4. The van der Waals surface area contributed by atoms with E-state index in [2.05, 4.69) is 4.72 Å². The van der Waals surface area contributed by atoms with Crippen molar-refractivity contribution in [3.63, 3.8) is 0 Å². The lowest BCUT2D eigenvalue weighted by Gasteiger charge is -2.14. The number of anilines is 2. The molecule has 112 valence electrons. The average Bonchev–Trinajstić information content (AvgIpc) is 2.40. The fraction of sp³-hybridized carbons (Fsp3) is 0.250. The minimum Gasteiger partial charge on any atom is -0.399 e. The molecular formula is C16H20N2O2S. The molecule has 0 saturated heterocycles. The first-order valence-electron chi connectivity index (χ1n) is 6.84. The molecule has 2 aromatic carbocycles. The van der Waals surface area contributed by atoms with Crippen molar-refractivity contribution < 1.29 is 8.42 Å². The van der Waals surface area contributed by atoms with Gasteiger partial charge in [-0.25, -0.2) is 8.42 Å². The number of benzene rings is 2. The Bertz CT molecular complexity index is 740. The Morgan fingerprint density at radius 1 is 1.14 bits per heavy atom. The smallest absolute Gasteiger partial charge is 0.236 e. The highest BCUT2D eigenvalue weighted by atomic mass is 32.2. The number of sulfonamides is 1. The van der Waals surface area contributed by atoms with Crippen LogP contribution in [-0.4, -0.2) is 8.42 Å². The van der Waals surface area contributed by atoms with Crippen molar-refractivity contribution in [2.45, 2.75) is 26.0 Å². The highest BCUT2D eigenvalue weighted by Gasteiger charge is 2.15. The van der Waals surface area contributed by atoms with E-state index in [4.69, 9.17) is 5.73 Å². The van der Waals surface area contributed by atoms with Crippen molar-refractivity contribution in [2.24, 2.45) is 0 Å². The van der Waals surface area contributed by atoms with Gasteiger partial charge in [-0.05, 0) is 42.2 Å². The van der Waals surface area contributed by atoms with Crippen LogP contribution in [-0.2, 0) is 22.2 Å². The number of nitrogen functional groups attached to an aromatic ring is 1. The molecule has 0 bridgehead atoms. The van der Waals surface area contributed by atoms with Crippen LogP contribution in [0.3, 0.4) is 0 Å². The molecule has 0 amide bonds. The van der Waals surface area contributed by atoms with E-state index >= 15 is 0 Å². The molecule has 0 spiro atoms. The first-order chi connectivity index (χ1) is 9.91. The third kappa shape index (κ3) is 3.98. The van der Waals surface area contributed by atoms with Gasteiger partial charge in [0.25, 0.3) is 0 Å². The molecule has 0 aliphatic carbocycles. The van der Waals surface area contributed by atoms with Crippen LogP contribution in [0.5, 0.6) is 0 Å². The number of hydrogen-bond donors (Lipinski definition) is 2. The summed E-state index contributed by atoms with van der Waals surface area (Å²) in [4.78, 5) is 0. The Morgan fingerprint density at radius 3 is 2.52 bits per heavy atom. The van der Waals surface area contributed by atoms with Gasteiger partial charge in [0.15, 0.2) is 0 Å². The summed E-state index contributed by atoms with van der Waals surface area (Å²) < 4.78 is 27.4. The molecule has 2 rings (SSSR count). The van der Waals surface area contributed by atoms with Crippen LogP contribution in [0.15, 0.2) is 42.5 Å². The van der Waals surface area contributed by atoms with Gasteiger partial charge in [-0.2, -0.15) is 0 Å². The first-order valence-corrected chi connectivity index (χ1v) is 8.50. The summed E-state index contributed by atoms with van der Waals surface area (Å²) in [5.74, 6) is -0.0878. The Labute approximate surface area is 126 Å². The topological polar surface area (TPSA) is 72.2 Å². The van der Waals surface area contributed by atoms with E-state index in [9.17, 15) is 8.42 Å². The molecule has 0 aromatic heterocycles. The van der Waals surface area contributed by atoms with Crippen molar-refractivity contribution >= 4 is 21.4 Å². The van der Waals surface area contributed by atoms with Crippen LogP contribution in [0.25, 0.3) is 0 Å². The van der Waals surface area contributed by atoms with Gasteiger partial charge in [0.2, 0.25) is 10.0 Å². The van der Waals surface area contributed by atoms with Crippen molar-refractivity contribution in [1.29, 1.82) is 0 Å². The number of nitrogens with two attached hydrogens (primary N) is 1. The maximum absolute atomic E-state index is 12.3. The molecule has 3 N–H and O–H groups in total. The van der Waals surface area contributed by atoms with E-state index < -0.39 is 10.0 Å². The molecule has 0 aliphatic heterocycles. The molecule has 5 heteroatoms. The van der Waals surface area contributed by atoms with Crippen LogP contribution in [0.4, 0.5) is 11.4 Å². The van der Waals surface area contributed by atoms with E-state index in [-0.39, 0.29) is 5.75 Å². The van der Waals surface area contributed by atoms with Gasteiger partial charge in [-0.3, -0.25) is 4.72 Å². The summed E-state index contributed by atoms with van der Waals surface area (Å²) in [6.45, 7) is 3.90. The summed E-state index contributed by atoms with van der Waals surface area (Å²) >= 11 is 0.